The average molecular weight is 251 g/mol. The Morgan fingerprint density at radius 2 is 2.07 bits per heavy atom. The largest absolute Gasteiger partial charge is 0.491 e. The van der Waals surface area contributed by atoms with Crippen LogP contribution in [0, 0.1) is 5.82 Å². The molecular weight excluding hydrogens is 239 g/mol. The molecule has 1 aromatic carbocycles. The molecule has 0 amide bonds. The zero-order chi connectivity index (χ0) is 11.1. The van der Waals surface area contributed by atoms with Gasteiger partial charge in [-0.1, -0.05) is 11.6 Å². The molecule has 0 atom stereocenters. The molecular formula is C10H12ClFO2S. The molecule has 84 valence electrons. The van der Waals surface area contributed by atoms with E-state index in [0.29, 0.717) is 31.3 Å². The third-order valence-electron chi connectivity index (χ3n) is 1.62. The van der Waals surface area contributed by atoms with E-state index >= 15 is 0 Å². The van der Waals surface area contributed by atoms with E-state index in [1.807, 2.05) is 0 Å². The first-order chi connectivity index (χ1) is 7.24. The first-order valence-electron chi connectivity index (χ1n) is 4.50. The molecule has 0 aromatic heterocycles. The maximum atomic E-state index is 12.8. The monoisotopic (exact) mass is 250 g/mol. The van der Waals surface area contributed by atoms with Crippen molar-refractivity contribution in [1.82, 2.24) is 0 Å². The van der Waals surface area contributed by atoms with Crippen LogP contribution in [0.4, 0.5) is 4.39 Å². The summed E-state index contributed by atoms with van der Waals surface area (Å²) in [6.45, 7) is 1.49. The number of halogens is 2. The Morgan fingerprint density at radius 3 is 2.73 bits per heavy atom. The van der Waals surface area contributed by atoms with Crippen LogP contribution in [0.1, 0.15) is 0 Å². The van der Waals surface area contributed by atoms with E-state index in [2.05, 4.69) is 12.6 Å². The SMILES string of the molecule is Fc1ccc(OCCOCCS)cc1Cl. The third kappa shape index (κ3) is 4.73. The Labute approximate surface area is 98.7 Å². The fraction of sp³-hybridized carbons (Fsp3) is 0.400. The molecule has 0 aliphatic rings. The van der Waals surface area contributed by atoms with Crippen molar-refractivity contribution in [3.63, 3.8) is 0 Å². The van der Waals surface area contributed by atoms with Crippen molar-refractivity contribution in [3.8, 4) is 5.75 Å². The number of benzene rings is 1. The second-order valence-electron chi connectivity index (χ2n) is 2.76. The Morgan fingerprint density at radius 1 is 1.27 bits per heavy atom. The van der Waals surface area contributed by atoms with Gasteiger partial charge in [0.05, 0.1) is 18.2 Å². The lowest BCUT2D eigenvalue weighted by atomic mass is 10.3. The maximum Gasteiger partial charge on any atom is 0.142 e. The zero-order valence-electron chi connectivity index (χ0n) is 8.08. The molecule has 0 heterocycles. The molecule has 2 nitrogen and oxygen atoms in total. The summed E-state index contributed by atoms with van der Waals surface area (Å²) in [6.07, 6.45) is 0. The lowest BCUT2D eigenvalue weighted by molar-refractivity contribution is 0.112. The normalized spacial score (nSPS) is 10.3. The average Bonchev–Trinajstić information content (AvgIpc) is 2.23. The molecule has 0 saturated heterocycles. The van der Waals surface area contributed by atoms with Crippen molar-refractivity contribution in [1.29, 1.82) is 0 Å². The summed E-state index contributed by atoms with van der Waals surface area (Å²) in [5.41, 5.74) is 0. The highest BCUT2D eigenvalue weighted by Crippen LogP contribution is 2.20. The lowest BCUT2D eigenvalue weighted by Gasteiger charge is -2.06. The highest BCUT2D eigenvalue weighted by atomic mass is 35.5. The van der Waals surface area contributed by atoms with E-state index in [1.54, 1.807) is 0 Å². The van der Waals surface area contributed by atoms with Crippen LogP contribution in [0.2, 0.25) is 5.02 Å². The first kappa shape index (κ1) is 12.6. The highest BCUT2D eigenvalue weighted by Gasteiger charge is 2.01. The van der Waals surface area contributed by atoms with Crippen LogP contribution in [0.25, 0.3) is 0 Å². The second kappa shape index (κ2) is 6.93. The minimum atomic E-state index is -0.449. The van der Waals surface area contributed by atoms with Gasteiger partial charge in [0.15, 0.2) is 0 Å². The number of hydrogen-bond donors (Lipinski definition) is 1. The van der Waals surface area contributed by atoms with Crippen molar-refractivity contribution in [2.24, 2.45) is 0 Å². The number of rotatable bonds is 6. The first-order valence-corrected chi connectivity index (χ1v) is 5.51. The van der Waals surface area contributed by atoms with Gasteiger partial charge in [-0.15, -0.1) is 0 Å². The van der Waals surface area contributed by atoms with E-state index in [4.69, 9.17) is 21.1 Å². The number of ether oxygens (including phenoxy) is 2. The molecule has 0 unspecified atom stereocenters. The molecule has 15 heavy (non-hydrogen) atoms. The molecule has 1 aromatic rings. The van der Waals surface area contributed by atoms with Crippen molar-refractivity contribution >= 4 is 24.2 Å². The van der Waals surface area contributed by atoms with Crippen LogP contribution in [-0.4, -0.2) is 25.6 Å². The molecule has 0 radical (unpaired) electrons. The van der Waals surface area contributed by atoms with Gasteiger partial charge < -0.3 is 9.47 Å². The molecule has 0 fully saturated rings. The van der Waals surface area contributed by atoms with Crippen molar-refractivity contribution in [2.75, 3.05) is 25.6 Å². The van der Waals surface area contributed by atoms with E-state index in [1.165, 1.54) is 18.2 Å². The van der Waals surface area contributed by atoms with Gasteiger partial charge in [0.25, 0.3) is 0 Å². The lowest BCUT2D eigenvalue weighted by Crippen LogP contribution is -2.08. The van der Waals surface area contributed by atoms with Gasteiger partial charge in [0, 0.05) is 11.8 Å². The summed E-state index contributed by atoms with van der Waals surface area (Å²) in [6, 6.07) is 4.24. The summed E-state index contributed by atoms with van der Waals surface area (Å²) < 4.78 is 23.2. The predicted molar refractivity (Wildman–Crippen MR) is 61.6 cm³/mol. The molecule has 1 rings (SSSR count). The topological polar surface area (TPSA) is 18.5 Å². The Hall–Kier alpha value is -0.450. The van der Waals surface area contributed by atoms with Gasteiger partial charge in [-0.3, -0.25) is 0 Å². The van der Waals surface area contributed by atoms with Crippen molar-refractivity contribution in [3.05, 3.63) is 29.0 Å². The summed E-state index contributed by atoms with van der Waals surface area (Å²) in [4.78, 5) is 0. The van der Waals surface area contributed by atoms with Gasteiger partial charge in [0.2, 0.25) is 0 Å². The molecule has 0 saturated carbocycles. The highest BCUT2D eigenvalue weighted by molar-refractivity contribution is 7.80. The smallest absolute Gasteiger partial charge is 0.142 e. The van der Waals surface area contributed by atoms with Gasteiger partial charge in [-0.05, 0) is 12.1 Å². The van der Waals surface area contributed by atoms with Crippen molar-refractivity contribution < 1.29 is 13.9 Å². The van der Waals surface area contributed by atoms with Crippen LogP contribution < -0.4 is 4.74 Å². The fourth-order valence-corrected chi connectivity index (χ4v) is 1.25. The Kier molecular flexibility index (Phi) is 5.83. The molecule has 5 heteroatoms. The Balaban J connectivity index is 2.28. The quantitative estimate of drug-likeness (QED) is 0.618. The van der Waals surface area contributed by atoms with Crippen LogP contribution in [0.5, 0.6) is 5.75 Å². The van der Waals surface area contributed by atoms with E-state index < -0.39 is 5.82 Å². The minimum absolute atomic E-state index is 0.0591. The third-order valence-corrected chi connectivity index (χ3v) is 2.10. The minimum Gasteiger partial charge on any atom is -0.491 e. The van der Waals surface area contributed by atoms with E-state index in [-0.39, 0.29) is 5.02 Å². The van der Waals surface area contributed by atoms with Crippen LogP contribution in [0.15, 0.2) is 18.2 Å². The summed E-state index contributed by atoms with van der Waals surface area (Å²) in [5.74, 6) is 0.772. The van der Waals surface area contributed by atoms with E-state index in [0.717, 1.165) is 0 Å². The van der Waals surface area contributed by atoms with Crippen LogP contribution in [0.3, 0.4) is 0 Å². The van der Waals surface area contributed by atoms with Gasteiger partial charge in [-0.25, -0.2) is 4.39 Å². The zero-order valence-corrected chi connectivity index (χ0v) is 9.73. The molecule has 0 aliphatic carbocycles. The standard InChI is InChI=1S/C10H12ClFO2S/c11-9-7-8(1-2-10(9)12)14-4-3-13-5-6-15/h1-2,7,15H,3-6H2. The molecule has 0 aliphatic heterocycles. The summed E-state index contributed by atoms with van der Waals surface area (Å²) in [7, 11) is 0. The van der Waals surface area contributed by atoms with Gasteiger partial charge in [-0.2, -0.15) is 12.6 Å². The fourth-order valence-electron chi connectivity index (χ4n) is 0.952. The maximum absolute atomic E-state index is 12.8. The van der Waals surface area contributed by atoms with Gasteiger partial charge in [0.1, 0.15) is 18.2 Å². The van der Waals surface area contributed by atoms with Crippen molar-refractivity contribution in [2.45, 2.75) is 0 Å². The predicted octanol–water partition coefficient (Wildman–Crippen LogP) is 2.80. The summed E-state index contributed by atoms with van der Waals surface area (Å²) in [5, 5.41) is 0.0591. The molecule has 0 N–H and O–H groups in total. The molecule has 0 spiro atoms. The molecule has 0 bridgehead atoms. The number of hydrogen-bond acceptors (Lipinski definition) is 3. The second-order valence-corrected chi connectivity index (χ2v) is 3.61. The Bertz CT molecular complexity index is 309. The van der Waals surface area contributed by atoms with E-state index in [9.17, 15) is 4.39 Å². The van der Waals surface area contributed by atoms with Crippen LogP contribution in [-0.2, 0) is 4.74 Å². The summed E-state index contributed by atoms with van der Waals surface area (Å²) >= 11 is 9.57. The number of thiol groups is 1. The van der Waals surface area contributed by atoms with Crippen LogP contribution >= 0.6 is 24.2 Å². The van der Waals surface area contributed by atoms with Gasteiger partial charge >= 0.3 is 0 Å².